The van der Waals surface area contributed by atoms with Crippen molar-refractivity contribution in [3.05, 3.63) is 34.1 Å². The maximum atomic E-state index is 13.7. The van der Waals surface area contributed by atoms with Crippen LogP contribution in [0.3, 0.4) is 0 Å². The van der Waals surface area contributed by atoms with Gasteiger partial charge in [0.2, 0.25) is 0 Å². The molecule has 1 atom stereocenters. The maximum Gasteiger partial charge on any atom is 0.166 e. The molecule has 1 fully saturated rings. The van der Waals surface area contributed by atoms with Gasteiger partial charge in [-0.15, -0.1) is 0 Å². The summed E-state index contributed by atoms with van der Waals surface area (Å²) < 4.78 is 19.9. The Morgan fingerprint density at radius 1 is 1.40 bits per heavy atom. The van der Waals surface area contributed by atoms with Crippen molar-refractivity contribution in [1.82, 2.24) is 0 Å². The summed E-state index contributed by atoms with van der Waals surface area (Å²) in [6.07, 6.45) is 5.32. The number of benzene rings is 1. The van der Waals surface area contributed by atoms with Crippen LogP contribution in [0, 0.1) is 11.7 Å². The van der Waals surface area contributed by atoms with Gasteiger partial charge in [0.25, 0.3) is 0 Å². The second-order valence-corrected chi connectivity index (χ2v) is 6.35. The predicted octanol–water partition coefficient (Wildman–Crippen LogP) is 4.30. The minimum Gasteiger partial charge on any atom is -0.373 e. The zero-order chi connectivity index (χ0) is 14.5. The zero-order valence-corrected chi connectivity index (χ0v) is 13.3. The number of rotatable bonds is 5. The van der Waals surface area contributed by atoms with Gasteiger partial charge in [0, 0.05) is 18.0 Å². The minimum atomic E-state index is -0.395. The van der Waals surface area contributed by atoms with Crippen LogP contribution < -0.4 is 0 Å². The fourth-order valence-corrected chi connectivity index (χ4v) is 3.40. The van der Waals surface area contributed by atoms with Gasteiger partial charge in [-0.2, -0.15) is 0 Å². The molecule has 0 spiro atoms. The van der Waals surface area contributed by atoms with Crippen LogP contribution in [-0.4, -0.2) is 19.0 Å². The van der Waals surface area contributed by atoms with Crippen LogP contribution in [0.5, 0.6) is 0 Å². The lowest BCUT2D eigenvalue weighted by Gasteiger charge is -2.28. The highest BCUT2D eigenvalue weighted by Crippen LogP contribution is 2.29. The summed E-state index contributed by atoms with van der Waals surface area (Å²) in [6, 6.07) is 4.69. The molecular formula is C16H20BrFO2. The standard InChI is InChI=1S/C16H20BrFO2/c1-20-16(11-5-3-2-4-6-11)15(19)10-12-9-13(17)7-8-14(12)18/h7-9,11,16H,2-6,10H2,1H3. The highest BCUT2D eigenvalue weighted by Gasteiger charge is 2.29. The van der Waals surface area contributed by atoms with Crippen LogP contribution in [0.25, 0.3) is 0 Å². The molecule has 20 heavy (non-hydrogen) atoms. The third-order valence-corrected chi connectivity index (χ3v) is 4.51. The summed E-state index contributed by atoms with van der Waals surface area (Å²) in [5.74, 6) is -0.0621. The number of ketones is 1. The van der Waals surface area contributed by atoms with Gasteiger partial charge in [-0.05, 0) is 42.5 Å². The second kappa shape index (κ2) is 7.32. The van der Waals surface area contributed by atoms with Crippen LogP contribution in [0.2, 0.25) is 0 Å². The molecule has 0 aliphatic heterocycles. The molecule has 4 heteroatoms. The first-order chi connectivity index (χ1) is 9.61. The molecule has 0 saturated heterocycles. The molecule has 1 aromatic rings. The van der Waals surface area contributed by atoms with E-state index in [1.807, 2.05) is 0 Å². The number of hydrogen-bond acceptors (Lipinski definition) is 2. The number of ether oxygens (including phenoxy) is 1. The van der Waals surface area contributed by atoms with Crippen LogP contribution in [0.4, 0.5) is 4.39 Å². The molecule has 0 amide bonds. The Morgan fingerprint density at radius 2 is 2.10 bits per heavy atom. The van der Waals surface area contributed by atoms with Crippen LogP contribution in [0.15, 0.2) is 22.7 Å². The third kappa shape index (κ3) is 3.89. The summed E-state index contributed by atoms with van der Waals surface area (Å²) in [5.41, 5.74) is 0.433. The smallest absolute Gasteiger partial charge is 0.166 e. The lowest BCUT2D eigenvalue weighted by atomic mass is 9.82. The van der Waals surface area contributed by atoms with Crippen molar-refractivity contribution < 1.29 is 13.9 Å². The van der Waals surface area contributed by atoms with E-state index in [9.17, 15) is 9.18 Å². The Labute approximate surface area is 127 Å². The molecule has 1 saturated carbocycles. The van der Waals surface area contributed by atoms with Gasteiger partial charge in [0.15, 0.2) is 5.78 Å². The van der Waals surface area contributed by atoms with Gasteiger partial charge in [-0.3, -0.25) is 4.79 Å². The first-order valence-electron chi connectivity index (χ1n) is 7.11. The van der Waals surface area contributed by atoms with Gasteiger partial charge >= 0.3 is 0 Å². The topological polar surface area (TPSA) is 26.3 Å². The van der Waals surface area contributed by atoms with Gasteiger partial charge < -0.3 is 4.74 Å². The zero-order valence-electron chi connectivity index (χ0n) is 11.7. The Kier molecular flexibility index (Phi) is 5.73. The number of Topliss-reactive ketones (excluding diaryl/α,β-unsaturated/α-hetero) is 1. The van der Waals surface area contributed by atoms with E-state index >= 15 is 0 Å². The number of carbonyl (C=O) groups excluding carboxylic acids is 1. The van der Waals surface area contributed by atoms with Crippen molar-refractivity contribution >= 4 is 21.7 Å². The molecule has 1 aliphatic carbocycles. The highest BCUT2D eigenvalue weighted by atomic mass is 79.9. The largest absolute Gasteiger partial charge is 0.373 e. The van der Waals surface area contributed by atoms with E-state index in [1.54, 1.807) is 19.2 Å². The van der Waals surface area contributed by atoms with Crippen molar-refractivity contribution in [2.75, 3.05) is 7.11 Å². The van der Waals surface area contributed by atoms with E-state index in [0.717, 1.165) is 30.2 Å². The first kappa shape index (κ1) is 15.6. The van der Waals surface area contributed by atoms with E-state index in [2.05, 4.69) is 15.9 Å². The number of carbonyl (C=O) groups is 1. The molecular weight excluding hydrogens is 323 g/mol. The first-order valence-corrected chi connectivity index (χ1v) is 7.90. The summed E-state index contributed by atoms with van der Waals surface area (Å²) in [5, 5.41) is 0. The molecule has 1 aromatic carbocycles. The van der Waals surface area contributed by atoms with Gasteiger partial charge in [-0.1, -0.05) is 35.2 Å². The quantitative estimate of drug-likeness (QED) is 0.797. The molecule has 1 aliphatic rings. The third-order valence-electron chi connectivity index (χ3n) is 4.02. The SMILES string of the molecule is COC(C(=O)Cc1cc(Br)ccc1F)C1CCCCC1. The average molecular weight is 343 g/mol. The average Bonchev–Trinajstić information content (AvgIpc) is 2.45. The van der Waals surface area contributed by atoms with Gasteiger partial charge in [0.1, 0.15) is 11.9 Å². The maximum absolute atomic E-state index is 13.7. The molecule has 2 rings (SSSR count). The fraction of sp³-hybridized carbons (Fsp3) is 0.562. The van der Waals surface area contributed by atoms with E-state index in [4.69, 9.17) is 4.74 Å². The van der Waals surface area contributed by atoms with Crippen molar-refractivity contribution in [3.63, 3.8) is 0 Å². The lowest BCUT2D eigenvalue weighted by Crippen LogP contribution is -2.34. The molecule has 0 heterocycles. The molecule has 1 unspecified atom stereocenters. The van der Waals surface area contributed by atoms with Crippen molar-refractivity contribution in [2.45, 2.75) is 44.6 Å². The van der Waals surface area contributed by atoms with Crippen LogP contribution >= 0.6 is 15.9 Å². The van der Waals surface area contributed by atoms with Crippen LogP contribution in [0.1, 0.15) is 37.7 Å². The molecule has 110 valence electrons. The molecule has 2 nitrogen and oxygen atoms in total. The van der Waals surface area contributed by atoms with Crippen molar-refractivity contribution in [2.24, 2.45) is 5.92 Å². The number of halogens is 2. The van der Waals surface area contributed by atoms with Crippen LogP contribution in [-0.2, 0) is 16.0 Å². The van der Waals surface area contributed by atoms with E-state index in [-0.39, 0.29) is 23.9 Å². The Morgan fingerprint density at radius 3 is 2.75 bits per heavy atom. The summed E-state index contributed by atoms with van der Waals surface area (Å²) >= 11 is 3.31. The lowest BCUT2D eigenvalue weighted by molar-refractivity contribution is -0.132. The summed E-state index contributed by atoms with van der Waals surface area (Å²) in [4.78, 5) is 12.4. The summed E-state index contributed by atoms with van der Waals surface area (Å²) in [6.45, 7) is 0. The number of methoxy groups -OCH3 is 1. The number of hydrogen-bond donors (Lipinski definition) is 0. The fourth-order valence-electron chi connectivity index (χ4n) is 2.99. The Bertz CT molecular complexity index is 470. The molecule has 0 bridgehead atoms. The van der Waals surface area contributed by atoms with Crippen molar-refractivity contribution in [1.29, 1.82) is 0 Å². The molecule has 0 radical (unpaired) electrons. The predicted molar refractivity (Wildman–Crippen MR) is 80.2 cm³/mol. The molecule has 0 N–H and O–H groups in total. The monoisotopic (exact) mass is 342 g/mol. The summed E-state index contributed by atoms with van der Waals surface area (Å²) in [7, 11) is 1.58. The van der Waals surface area contributed by atoms with Gasteiger partial charge in [0.05, 0.1) is 0 Å². The Balaban J connectivity index is 2.06. The minimum absolute atomic E-state index is 0.0172. The normalized spacial score (nSPS) is 17.9. The second-order valence-electron chi connectivity index (χ2n) is 5.43. The van der Waals surface area contributed by atoms with E-state index in [1.165, 1.54) is 12.5 Å². The van der Waals surface area contributed by atoms with Gasteiger partial charge in [-0.25, -0.2) is 4.39 Å². The van der Waals surface area contributed by atoms with E-state index < -0.39 is 6.10 Å². The highest BCUT2D eigenvalue weighted by molar-refractivity contribution is 9.10. The Hall–Kier alpha value is -0.740. The van der Waals surface area contributed by atoms with E-state index in [0.29, 0.717) is 5.56 Å². The molecule has 0 aromatic heterocycles. The van der Waals surface area contributed by atoms with Crippen molar-refractivity contribution in [3.8, 4) is 0 Å².